The van der Waals surface area contributed by atoms with E-state index in [1.54, 1.807) is 32.4 Å². The molecule has 0 radical (unpaired) electrons. The summed E-state index contributed by atoms with van der Waals surface area (Å²) in [6.45, 7) is 0. The van der Waals surface area contributed by atoms with Crippen LogP contribution in [0.1, 0.15) is 12.1 Å². The quantitative estimate of drug-likeness (QED) is 0.773. The molecule has 96 valence electrons. The van der Waals surface area contributed by atoms with Gasteiger partial charge in [0.2, 0.25) is 6.29 Å². The first-order valence-electron chi connectivity index (χ1n) is 5.26. The average Bonchev–Trinajstić information content (AvgIpc) is 2.84. The molecule has 0 atom stereocenters. The van der Waals surface area contributed by atoms with E-state index in [0.29, 0.717) is 21.6 Å². The Morgan fingerprint density at radius 3 is 2.33 bits per heavy atom. The van der Waals surface area contributed by atoms with E-state index < -0.39 is 6.29 Å². The predicted octanol–water partition coefficient (Wildman–Crippen LogP) is 4.54. The van der Waals surface area contributed by atoms with Crippen molar-refractivity contribution in [2.45, 2.75) is 6.29 Å². The van der Waals surface area contributed by atoms with Crippen LogP contribution in [0.3, 0.4) is 0 Å². The molecule has 0 aliphatic carbocycles. The number of furan rings is 1. The predicted molar refractivity (Wildman–Crippen MR) is 70.9 cm³/mol. The minimum absolute atomic E-state index is 0.488. The Labute approximate surface area is 115 Å². The number of halogens is 2. The van der Waals surface area contributed by atoms with Gasteiger partial charge in [-0.25, -0.2) is 0 Å². The summed E-state index contributed by atoms with van der Waals surface area (Å²) in [6.07, 6.45) is -0.512. The third-order valence-corrected chi connectivity index (χ3v) is 3.23. The van der Waals surface area contributed by atoms with Gasteiger partial charge in [-0.05, 0) is 30.3 Å². The Balaban J connectivity index is 2.31. The molecule has 1 heterocycles. The van der Waals surface area contributed by atoms with E-state index in [1.807, 2.05) is 12.1 Å². The minimum atomic E-state index is -0.512. The molecule has 0 amide bonds. The number of methoxy groups -OCH3 is 2. The Morgan fingerprint density at radius 2 is 1.72 bits per heavy atom. The summed E-state index contributed by atoms with van der Waals surface area (Å²) in [4.78, 5) is 0. The van der Waals surface area contributed by atoms with Gasteiger partial charge in [0.05, 0.1) is 10.0 Å². The Hall–Kier alpha value is -1.00. The van der Waals surface area contributed by atoms with Crippen molar-refractivity contribution >= 4 is 23.2 Å². The van der Waals surface area contributed by atoms with E-state index in [1.165, 1.54) is 0 Å². The number of rotatable bonds is 4. The number of hydrogen-bond donors (Lipinski definition) is 0. The van der Waals surface area contributed by atoms with Crippen molar-refractivity contribution in [3.8, 4) is 11.3 Å². The van der Waals surface area contributed by atoms with E-state index in [-0.39, 0.29) is 0 Å². The van der Waals surface area contributed by atoms with Crippen molar-refractivity contribution in [3.63, 3.8) is 0 Å². The molecule has 0 aliphatic heterocycles. The fourth-order valence-corrected chi connectivity index (χ4v) is 1.91. The van der Waals surface area contributed by atoms with E-state index in [4.69, 9.17) is 37.1 Å². The first-order valence-corrected chi connectivity index (χ1v) is 6.02. The van der Waals surface area contributed by atoms with Crippen LogP contribution in [-0.4, -0.2) is 14.2 Å². The number of hydrogen-bond acceptors (Lipinski definition) is 3. The maximum atomic E-state index is 5.96. The smallest absolute Gasteiger partial charge is 0.216 e. The number of benzene rings is 1. The molecule has 0 aliphatic rings. The van der Waals surface area contributed by atoms with Crippen LogP contribution in [0.2, 0.25) is 10.0 Å². The first-order chi connectivity index (χ1) is 8.65. The molecule has 0 bridgehead atoms. The zero-order valence-electron chi connectivity index (χ0n) is 9.94. The van der Waals surface area contributed by atoms with Crippen molar-refractivity contribution in [3.05, 3.63) is 46.1 Å². The fourth-order valence-electron chi connectivity index (χ4n) is 1.61. The molecule has 3 nitrogen and oxygen atoms in total. The molecule has 2 aromatic rings. The zero-order chi connectivity index (χ0) is 13.1. The van der Waals surface area contributed by atoms with Gasteiger partial charge in [0.1, 0.15) is 5.76 Å². The molecule has 0 N–H and O–H groups in total. The molecule has 0 saturated heterocycles. The van der Waals surface area contributed by atoms with E-state index in [0.717, 1.165) is 5.56 Å². The lowest BCUT2D eigenvalue weighted by Gasteiger charge is -2.09. The normalized spacial score (nSPS) is 11.2. The summed E-state index contributed by atoms with van der Waals surface area (Å²) in [6, 6.07) is 8.95. The molecule has 1 aromatic carbocycles. The SMILES string of the molecule is COC(OC)c1ccc(-c2ccc(Cl)c(Cl)c2)o1. The standard InChI is InChI=1S/C13H12Cl2O3/c1-16-13(17-2)12-6-5-11(18-12)8-3-4-9(14)10(15)7-8/h3-7,13H,1-2H3. The second-order valence-electron chi connectivity index (χ2n) is 3.63. The maximum Gasteiger partial charge on any atom is 0.216 e. The zero-order valence-corrected chi connectivity index (χ0v) is 11.5. The lowest BCUT2D eigenvalue weighted by molar-refractivity contribution is -0.117. The third-order valence-electron chi connectivity index (χ3n) is 2.49. The highest BCUT2D eigenvalue weighted by molar-refractivity contribution is 6.42. The van der Waals surface area contributed by atoms with Crippen LogP contribution >= 0.6 is 23.2 Å². The monoisotopic (exact) mass is 286 g/mol. The van der Waals surface area contributed by atoms with Crippen LogP contribution in [0.5, 0.6) is 0 Å². The van der Waals surface area contributed by atoms with Gasteiger partial charge in [0, 0.05) is 19.8 Å². The van der Waals surface area contributed by atoms with E-state index in [9.17, 15) is 0 Å². The molecule has 0 fully saturated rings. The Morgan fingerprint density at radius 1 is 1.00 bits per heavy atom. The molecule has 0 saturated carbocycles. The lowest BCUT2D eigenvalue weighted by Crippen LogP contribution is -2.01. The van der Waals surface area contributed by atoms with Crippen molar-refractivity contribution < 1.29 is 13.9 Å². The highest BCUT2D eigenvalue weighted by Crippen LogP contribution is 2.31. The van der Waals surface area contributed by atoms with Crippen molar-refractivity contribution in [2.75, 3.05) is 14.2 Å². The first kappa shape index (κ1) is 13.4. The fraction of sp³-hybridized carbons (Fsp3) is 0.231. The highest BCUT2D eigenvalue weighted by Gasteiger charge is 2.14. The van der Waals surface area contributed by atoms with E-state index >= 15 is 0 Å². The summed E-state index contributed by atoms with van der Waals surface area (Å²) < 4.78 is 15.9. The van der Waals surface area contributed by atoms with Gasteiger partial charge in [-0.2, -0.15) is 0 Å². The molecule has 18 heavy (non-hydrogen) atoms. The van der Waals surface area contributed by atoms with Crippen LogP contribution < -0.4 is 0 Å². The van der Waals surface area contributed by atoms with Crippen molar-refractivity contribution in [1.29, 1.82) is 0 Å². The summed E-state index contributed by atoms with van der Waals surface area (Å²) in [7, 11) is 3.10. The lowest BCUT2D eigenvalue weighted by atomic mass is 10.2. The largest absolute Gasteiger partial charge is 0.456 e. The second kappa shape index (κ2) is 5.76. The van der Waals surface area contributed by atoms with Crippen LogP contribution in [0.4, 0.5) is 0 Å². The third kappa shape index (κ3) is 2.70. The Bertz CT molecular complexity index is 533. The van der Waals surface area contributed by atoms with Crippen LogP contribution in [0, 0.1) is 0 Å². The summed E-state index contributed by atoms with van der Waals surface area (Å²) in [5.41, 5.74) is 0.849. The highest BCUT2D eigenvalue weighted by atomic mass is 35.5. The Kier molecular flexibility index (Phi) is 4.30. The van der Waals surface area contributed by atoms with Gasteiger partial charge in [0.25, 0.3) is 0 Å². The number of ether oxygens (including phenoxy) is 2. The van der Waals surface area contributed by atoms with Gasteiger partial charge in [-0.1, -0.05) is 23.2 Å². The maximum absolute atomic E-state index is 5.96. The van der Waals surface area contributed by atoms with Gasteiger partial charge in [0.15, 0.2) is 5.76 Å². The van der Waals surface area contributed by atoms with Crippen LogP contribution in [-0.2, 0) is 9.47 Å². The van der Waals surface area contributed by atoms with Crippen LogP contribution in [0.25, 0.3) is 11.3 Å². The van der Waals surface area contributed by atoms with Gasteiger partial charge >= 0.3 is 0 Å². The van der Waals surface area contributed by atoms with Crippen LogP contribution in [0.15, 0.2) is 34.7 Å². The second-order valence-corrected chi connectivity index (χ2v) is 4.45. The van der Waals surface area contributed by atoms with Crippen molar-refractivity contribution in [2.24, 2.45) is 0 Å². The van der Waals surface area contributed by atoms with Crippen molar-refractivity contribution in [1.82, 2.24) is 0 Å². The molecule has 0 unspecified atom stereocenters. The van der Waals surface area contributed by atoms with Gasteiger partial charge in [-0.15, -0.1) is 0 Å². The summed E-state index contributed by atoms with van der Waals surface area (Å²) >= 11 is 11.8. The van der Waals surface area contributed by atoms with Gasteiger partial charge < -0.3 is 13.9 Å². The molecular formula is C13H12Cl2O3. The topological polar surface area (TPSA) is 31.6 Å². The van der Waals surface area contributed by atoms with E-state index in [2.05, 4.69) is 0 Å². The molecule has 0 spiro atoms. The summed E-state index contributed by atoms with van der Waals surface area (Å²) in [5.74, 6) is 1.28. The van der Waals surface area contributed by atoms with Gasteiger partial charge in [-0.3, -0.25) is 0 Å². The average molecular weight is 287 g/mol. The molecule has 1 aromatic heterocycles. The molecule has 5 heteroatoms. The summed E-state index contributed by atoms with van der Waals surface area (Å²) in [5, 5.41) is 1.00. The minimum Gasteiger partial charge on any atom is -0.456 e. The molecule has 2 rings (SSSR count). The molecular weight excluding hydrogens is 275 g/mol.